The first-order valence-corrected chi connectivity index (χ1v) is 14.9. The van der Waals surface area contributed by atoms with Crippen molar-refractivity contribution in [2.24, 2.45) is 47.3 Å². The number of likely N-dealkylation sites (tertiary alicyclic amines) is 2. The number of amides is 4. The molecule has 0 aromatic rings. The number of hydrogen-bond acceptors (Lipinski definition) is 8. The van der Waals surface area contributed by atoms with Crippen LogP contribution in [0, 0.1) is 47.3 Å². The number of imide groups is 2. The highest BCUT2D eigenvalue weighted by molar-refractivity contribution is 7.99. The molecule has 2 saturated carbocycles. The van der Waals surface area contributed by atoms with Crippen molar-refractivity contribution < 1.29 is 19.2 Å². The molecule has 1 unspecified atom stereocenters. The second-order valence-corrected chi connectivity index (χ2v) is 13.2. The molecule has 4 aliphatic carbocycles. The minimum atomic E-state index is -0.361. The van der Waals surface area contributed by atoms with Crippen LogP contribution in [0.5, 0.6) is 0 Å². The summed E-state index contributed by atoms with van der Waals surface area (Å²) in [7, 11) is 0. The van der Waals surface area contributed by atoms with E-state index in [1.807, 2.05) is 23.5 Å². The first-order chi connectivity index (χ1) is 16.6. The topological polar surface area (TPSA) is 81.2 Å². The second-order valence-electron chi connectivity index (χ2n) is 10.8. The Labute approximate surface area is 207 Å². The van der Waals surface area contributed by atoms with Crippen molar-refractivity contribution in [3.63, 3.8) is 0 Å². The van der Waals surface area contributed by atoms with Crippen molar-refractivity contribution >= 4 is 47.2 Å². The van der Waals surface area contributed by atoms with E-state index in [1.54, 1.807) is 0 Å². The smallest absolute Gasteiger partial charge is 0.234 e. The largest absolute Gasteiger partial charge is 0.284 e. The molecule has 0 aromatic heterocycles. The third kappa shape index (κ3) is 2.94. The average Bonchev–Trinajstić information content (AvgIpc) is 3.21. The van der Waals surface area contributed by atoms with Gasteiger partial charge in [0.25, 0.3) is 0 Å². The summed E-state index contributed by atoms with van der Waals surface area (Å²) < 4.78 is 0. The van der Waals surface area contributed by atoms with E-state index >= 15 is 0 Å². The van der Waals surface area contributed by atoms with Crippen molar-refractivity contribution in [1.82, 2.24) is 19.6 Å². The van der Waals surface area contributed by atoms with Gasteiger partial charge in [-0.2, -0.15) is 23.5 Å². The highest BCUT2D eigenvalue weighted by Crippen LogP contribution is 2.68. The number of allylic oxidation sites excluding steroid dienone is 2. The van der Waals surface area contributed by atoms with Crippen LogP contribution in [-0.4, -0.2) is 106 Å². The Balaban J connectivity index is 1.13. The van der Waals surface area contributed by atoms with Crippen LogP contribution in [-0.2, 0) is 19.2 Å². The first-order valence-electron chi connectivity index (χ1n) is 12.6. The molecule has 4 saturated heterocycles. The summed E-state index contributed by atoms with van der Waals surface area (Å²) in [6, 6.07) is 0. The molecule has 10 heteroatoms. The van der Waals surface area contributed by atoms with E-state index in [0.717, 1.165) is 49.2 Å². The summed E-state index contributed by atoms with van der Waals surface area (Å²) in [4.78, 5) is 61.3. The van der Waals surface area contributed by atoms with Crippen molar-refractivity contribution in [2.45, 2.75) is 0 Å². The minimum absolute atomic E-state index is 0.0164. The fourth-order valence-electron chi connectivity index (χ4n) is 7.89. The van der Waals surface area contributed by atoms with Crippen LogP contribution >= 0.6 is 23.5 Å². The molecular formula is C24H30N4O4S2. The van der Waals surface area contributed by atoms with E-state index in [2.05, 4.69) is 22.0 Å². The van der Waals surface area contributed by atoms with Gasteiger partial charge in [-0.25, -0.2) is 0 Å². The van der Waals surface area contributed by atoms with Crippen LogP contribution in [0.1, 0.15) is 0 Å². The lowest BCUT2D eigenvalue weighted by Gasteiger charge is -2.60. The lowest BCUT2D eigenvalue weighted by atomic mass is 9.40. The molecular weight excluding hydrogens is 472 g/mol. The zero-order valence-electron chi connectivity index (χ0n) is 19.1. The van der Waals surface area contributed by atoms with Gasteiger partial charge in [0.15, 0.2) is 0 Å². The van der Waals surface area contributed by atoms with Gasteiger partial charge in [0.05, 0.1) is 37.0 Å². The Morgan fingerprint density at radius 1 is 0.588 bits per heavy atom. The third-order valence-electron chi connectivity index (χ3n) is 9.42. The van der Waals surface area contributed by atoms with Crippen molar-refractivity contribution in [3.05, 3.63) is 12.2 Å². The van der Waals surface area contributed by atoms with Gasteiger partial charge in [-0.3, -0.25) is 38.8 Å². The Morgan fingerprint density at radius 2 is 0.941 bits per heavy atom. The summed E-state index contributed by atoms with van der Waals surface area (Å²) in [6.07, 6.45) is 4.19. The Bertz CT molecular complexity index is 922. The number of carbonyl (C=O) groups excluding carboxylic acids is 4. The molecule has 6 fully saturated rings. The van der Waals surface area contributed by atoms with E-state index in [9.17, 15) is 19.2 Å². The molecule has 8 nitrogen and oxygen atoms in total. The molecule has 4 amide bonds. The summed E-state index contributed by atoms with van der Waals surface area (Å²) >= 11 is 3.81. The van der Waals surface area contributed by atoms with E-state index in [1.165, 1.54) is 9.80 Å². The maximum Gasteiger partial charge on any atom is 0.234 e. The van der Waals surface area contributed by atoms with Crippen LogP contribution in [0.4, 0.5) is 0 Å². The maximum atomic E-state index is 13.5. The van der Waals surface area contributed by atoms with Crippen LogP contribution in [0.2, 0.25) is 0 Å². The summed E-state index contributed by atoms with van der Waals surface area (Å²) in [6.45, 7) is 4.36. The summed E-state index contributed by atoms with van der Waals surface area (Å²) in [5.74, 6) is 2.36. The van der Waals surface area contributed by atoms with Gasteiger partial charge in [0.1, 0.15) is 0 Å². The molecule has 8 aliphatic rings. The van der Waals surface area contributed by atoms with Gasteiger partial charge in [0.2, 0.25) is 23.6 Å². The number of hydrogen-bond donors (Lipinski definition) is 0. The Hall–Kier alpha value is -1.36. The van der Waals surface area contributed by atoms with Crippen LogP contribution in [0.15, 0.2) is 12.2 Å². The van der Waals surface area contributed by atoms with Gasteiger partial charge in [0, 0.05) is 49.2 Å². The van der Waals surface area contributed by atoms with Crippen molar-refractivity contribution in [1.29, 1.82) is 0 Å². The van der Waals surface area contributed by atoms with E-state index in [0.29, 0.717) is 13.3 Å². The zero-order chi connectivity index (χ0) is 23.1. The molecule has 182 valence electrons. The standard InChI is InChI=1S/C24H30N4O4S2/c29-21-17-13-1-2-14(18(17)22(30)27(21)11-25-3-7-33-8-4-25)16-15(13)19-20(16)24(32)28(23(19)31)12-26-5-9-34-10-6-26/h1-2,13-20H,3-12H2/t13-,14+,15-,16?,17-,18-,19-,20+/m0/s1. The number of fused-ring (bicyclic) bond motifs is 1. The van der Waals surface area contributed by atoms with Crippen molar-refractivity contribution in [3.8, 4) is 0 Å². The third-order valence-corrected chi connectivity index (χ3v) is 11.3. The Morgan fingerprint density at radius 3 is 1.32 bits per heavy atom. The van der Waals surface area contributed by atoms with Gasteiger partial charge < -0.3 is 0 Å². The van der Waals surface area contributed by atoms with Gasteiger partial charge in [-0.1, -0.05) is 12.2 Å². The normalized spacial score (nSPS) is 43.9. The first kappa shape index (κ1) is 21.9. The van der Waals surface area contributed by atoms with Gasteiger partial charge in [-0.05, 0) is 23.7 Å². The quantitative estimate of drug-likeness (QED) is 0.400. The van der Waals surface area contributed by atoms with Crippen LogP contribution in [0.25, 0.3) is 0 Å². The lowest BCUT2D eigenvalue weighted by Crippen LogP contribution is -2.63. The molecule has 4 aliphatic heterocycles. The maximum absolute atomic E-state index is 13.5. The molecule has 0 radical (unpaired) electrons. The van der Waals surface area contributed by atoms with Gasteiger partial charge in [-0.15, -0.1) is 0 Å². The van der Waals surface area contributed by atoms with Crippen LogP contribution in [0.3, 0.4) is 0 Å². The number of nitrogens with zero attached hydrogens (tertiary/aromatic N) is 4. The molecule has 34 heavy (non-hydrogen) atoms. The van der Waals surface area contributed by atoms with Crippen LogP contribution < -0.4 is 0 Å². The molecule has 8 atom stereocenters. The molecule has 4 heterocycles. The molecule has 0 N–H and O–H groups in total. The molecule has 0 spiro atoms. The number of carbonyl (C=O) groups is 4. The lowest BCUT2D eigenvalue weighted by molar-refractivity contribution is -0.166. The van der Waals surface area contributed by atoms with Crippen molar-refractivity contribution in [2.75, 3.05) is 62.5 Å². The Kier molecular flexibility index (Phi) is 5.20. The summed E-state index contributed by atoms with van der Waals surface area (Å²) in [5.41, 5.74) is 0. The number of thioether (sulfide) groups is 2. The number of rotatable bonds is 4. The predicted molar refractivity (Wildman–Crippen MR) is 128 cm³/mol. The SMILES string of the molecule is O=C1[C@@H]2[C@@H](C(=O)N1CN1CCSCC1)[C@H]1C=C[C@@H]2C2[C@H]1[C@@H]1C(=O)N(CN3CCSCC3)C(=O)[C@H]21. The van der Waals surface area contributed by atoms with Gasteiger partial charge >= 0.3 is 0 Å². The monoisotopic (exact) mass is 502 g/mol. The minimum Gasteiger partial charge on any atom is -0.284 e. The molecule has 0 aromatic carbocycles. The van der Waals surface area contributed by atoms with E-state index in [4.69, 9.17) is 0 Å². The highest BCUT2D eigenvalue weighted by atomic mass is 32.2. The summed E-state index contributed by atoms with van der Waals surface area (Å²) in [5, 5.41) is 0. The molecule has 8 rings (SSSR count). The predicted octanol–water partition coefficient (Wildman–Crippen LogP) is 0.263. The fraction of sp³-hybridized carbons (Fsp3) is 0.750. The highest BCUT2D eigenvalue weighted by Gasteiger charge is 2.75. The van der Waals surface area contributed by atoms with E-state index in [-0.39, 0.29) is 71.0 Å². The molecule has 2 bridgehead atoms. The second kappa shape index (κ2) is 8.08. The fourth-order valence-corrected chi connectivity index (χ4v) is 9.85. The van der Waals surface area contributed by atoms with E-state index < -0.39 is 0 Å². The zero-order valence-corrected chi connectivity index (χ0v) is 20.7. The average molecular weight is 503 g/mol.